The molecule has 0 saturated carbocycles. The Bertz CT molecular complexity index is 728. The highest BCUT2D eigenvalue weighted by Crippen LogP contribution is 2.33. The van der Waals surface area contributed by atoms with Gasteiger partial charge in [0.1, 0.15) is 11.5 Å². The number of amides is 3. The van der Waals surface area contributed by atoms with Crippen LogP contribution in [0, 0.1) is 0 Å². The van der Waals surface area contributed by atoms with Gasteiger partial charge in [-0.05, 0) is 48.4 Å². The van der Waals surface area contributed by atoms with Gasteiger partial charge in [-0.1, -0.05) is 6.07 Å². The number of thiophene rings is 1. The van der Waals surface area contributed by atoms with Crippen LogP contribution in [0.25, 0.3) is 0 Å². The zero-order valence-electron chi connectivity index (χ0n) is 12.8. The van der Waals surface area contributed by atoms with Gasteiger partial charge in [0, 0.05) is 11.9 Å². The molecule has 3 N–H and O–H groups in total. The van der Waals surface area contributed by atoms with Crippen molar-refractivity contribution in [2.75, 3.05) is 12.4 Å². The van der Waals surface area contributed by atoms with Gasteiger partial charge in [0.15, 0.2) is 0 Å². The molecule has 0 fully saturated rings. The number of rotatable bonds is 3. The van der Waals surface area contributed by atoms with E-state index in [4.69, 9.17) is 0 Å². The molecule has 23 heavy (non-hydrogen) atoms. The Morgan fingerprint density at radius 1 is 1.30 bits per heavy atom. The lowest BCUT2D eigenvalue weighted by molar-refractivity contribution is 0.0958. The van der Waals surface area contributed by atoms with Gasteiger partial charge in [-0.3, -0.25) is 10.1 Å². The maximum Gasteiger partial charge on any atom is 0.320 e. The number of nitrogens with zero attached hydrogens (tertiary/aromatic N) is 1. The van der Waals surface area contributed by atoms with Crippen LogP contribution in [0.5, 0.6) is 0 Å². The van der Waals surface area contributed by atoms with Crippen molar-refractivity contribution in [1.29, 1.82) is 0 Å². The molecule has 3 amide bonds. The normalized spacial score (nSPS) is 16.3. The average Bonchev–Trinajstić information content (AvgIpc) is 3.04. The minimum Gasteiger partial charge on any atom is -0.354 e. The largest absolute Gasteiger partial charge is 0.354 e. The van der Waals surface area contributed by atoms with Crippen LogP contribution in [0.3, 0.4) is 0 Å². The van der Waals surface area contributed by atoms with E-state index in [-0.39, 0.29) is 23.7 Å². The molecule has 0 aliphatic heterocycles. The molecular weight excluding hydrogens is 312 g/mol. The highest BCUT2D eigenvalue weighted by atomic mass is 32.1. The molecule has 1 aliphatic carbocycles. The molecule has 0 saturated heterocycles. The predicted octanol–water partition coefficient (Wildman–Crippen LogP) is 2.70. The molecule has 3 rings (SSSR count). The molecule has 1 atom stereocenters. The summed E-state index contributed by atoms with van der Waals surface area (Å²) in [5.41, 5.74) is 1.48. The van der Waals surface area contributed by atoms with Gasteiger partial charge in [-0.25, -0.2) is 9.78 Å². The average molecular weight is 330 g/mol. The Balaban J connectivity index is 1.66. The van der Waals surface area contributed by atoms with Crippen LogP contribution in [0.15, 0.2) is 29.6 Å². The molecule has 0 radical (unpaired) electrons. The summed E-state index contributed by atoms with van der Waals surface area (Å²) in [6.07, 6.45) is 3.09. The molecule has 120 valence electrons. The number of hydrogen-bond donors (Lipinski definition) is 3. The second-order valence-electron chi connectivity index (χ2n) is 5.33. The van der Waals surface area contributed by atoms with Crippen molar-refractivity contribution in [3.63, 3.8) is 0 Å². The molecule has 6 nitrogen and oxygen atoms in total. The van der Waals surface area contributed by atoms with E-state index in [0.717, 1.165) is 19.3 Å². The summed E-state index contributed by atoms with van der Waals surface area (Å²) in [6.45, 7) is 0. The number of carbonyl (C=O) groups is 2. The number of aromatic nitrogens is 1. The number of aryl methyl sites for hydroxylation is 1. The summed E-state index contributed by atoms with van der Waals surface area (Å²) in [5.74, 6) is 0.0641. The number of nitrogens with one attached hydrogen (secondary N) is 3. The zero-order valence-corrected chi connectivity index (χ0v) is 13.6. The summed E-state index contributed by atoms with van der Waals surface area (Å²) < 4.78 is 0. The monoisotopic (exact) mass is 330 g/mol. The highest BCUT2D eigenvalue weighted by molar-refractivity contribution is 7.10. The maximum absolute atomic E-state index is 12.2. The van der Waals surface area contributed by atoms with Gasteiger partial charge in [0.25, 0.3) is 5.91 Å². The second-order valence-corrected chi connectivity index (χ2v) is 6.33. The van der Waals surface area contributed by atoms with Gasteiger partial charge >= 0.3 is 6.03 Å². The topological polar surface area (TPSA) is 83.1 Å². The van der Waals surface area contributed by atoms with E-state index in [1.54, 1.807) is 36.6 Å². The Hall–Kier alpha value is -2.41. The predicted molar refractivity (Wildman–Crippen MR) is 89.8 cm³/mol. The van der Waals surface area contributed by atoms with Crippen molar-refractivity contribution in [3.05, 3.63) is 45.8 Å². The van der Waals surface area contributed by atoms with E-state index >= 15 is 0 Å². The van der Waals surface area contributed by atoms with Crippen molar-refractivity contribution < 1.29 is 9.59 Å². The zero-order chi connectivity index (χ0) is 16.2. The van der Waals surface area contributed by atoms with E-state index in [0.29, 0.717) is 5.82 Å². The van der Waals surface area contributed by atoms with Crippen LogP contribution in [0.1, 0.15) is 39.8 Å². The lowest BCUT2D eigenvalue weighted by Gasteiger charge is -2.23. The van der Waals surface area contributed by atoms with Gasteiger partial charge in [0.2, 0.25) is 0 Å². The Labute approximate surface area is 138 Å². The molecule has 0 bridgehead atoms. The first-order valence-corrected chi connectivity index (χ1v) is 8.38. The fourth-order valence-corrected chi connectivity index (χ4v) is 3.69. The van der Waals surface area contributed by atoms with Gasteiger partial charge in [-0.15, -0.1) is 11.3 Å². The first-order valence-electron chi connectivity index (χ1n) is 7.50. The fraction of sp³-hybridized carbons (Fsp3) is 0.312. The van der Waals surface area contributed by atoms with E-state index in [9.17, 15) is 9.59 Å². The van der Waals surface area contributed by atoms with E-state index in [2.05, 4.69) is 32.4 Å². The Kier molecular flexibility index (Phi) is 4.57. The first kappa shape index (κ1) is 15.5. The van der Waals surface area contributed by atoms with Crippen LogP contribution in [-0.2, 0) is 6.42 Å². The third-order valence-corrected chi connectivity index (χ3v) is 4.80. The molecule has 2 aromatic rings. The van der Waals surface area contributed by atoms with Crippen LogP contribution in [0.2, 0.25) is 0 Å². The smallest absolute Gasteiger partial charge is 0.320 e. The standard InChI is InChI=1S/C16H18N4O2S/c1-17-15(21)12-5-3-7-14(18-12)20-16(22)19-11-4-2-6-13-10(11)8-9-23-13/h3,5,7-9,11H,2,4,6H2,1H3,(H,17,21)(H2,18,19,20,22)/t11-/m0/s1. The lowest BCUT2D eigenvalue weighted by atomic mass is 9.94. The molecule has 0 spiro atoms. The third-order valence-electron chi connectivity index (χ3n) is 3.81. The van der Waals surface area contributed by atoms with Crippen molar-refractivity contribution in [3.8, 4) is 0 Å². The van der Waals surface area contributed by atoms with Crippen LogP contribution < -0.4 is 16.0 Å². The molecule has 1 aliphatic rings. The molecule has 2 heterocycles. The minimum absolute atomic E-state index is 0.0344. The van der Waals surface area contributed by atoms with Crippen molar-refractivity contribution in [2.45, 2.75) is 25.3 Å². The summed E-state index contributed by atoms with van der Waals surface area (Å²) in [7, 11) is 1.54. The molecule has 2 aromatic heterocycles. The van der Waals surface area contributed by atoms with Gasteiger partial charge in [0.05, 0.1) is 6.04 Å². The first-order chi connectivity index (χ1) is 11.2. The maximum atomic E-state index is 12.2. The third kappa shape index (κ3) is 3.50. The lowest BCUT2D eigenvalue weighted by Crippen LogP contribution is -2.34. The minimum atomic E-state index is -0.310. The number of anilines is 1. The van der Waals surface area contributed by atoms with Crippen LogP contribution >= 0.6 is 11.3 Å². The number of carbonyl (C=O) groups excluding carboxylic acids is 2. The van der Waals surface area contributed by atoms with Crippen molar-refractivity contribution in [2.24, 2.45) is 0 Å². The number of fused-ring (bicyclic) bond motifs is 1. The summed E-state index contributed by atoms with van der Waals surface area (Å²) in [5, 5.41) is 10.3. The molecule has 7 heteroatoms. The summed E-state index contributed by atoms with van der Waals surface area (Å²) >= 11 is 1.74. The van der Waals surface area contributed by atoms with Crippen LogP contribution in [0.4, 0.5) is 10.6 Å². The SMILES string of the molecule is CNC(=O)c1cccc(NC(=O)N[C@H]2CCCc3sccc32)n1. The van der Waals surface area contributed by atoms with E-state index < -0.39 is 0 Å². The highest BCUT2D eigenvalue weighted by Gasteiger charge is 2.22. The number of pyridine rings is 1. The quantitative estimate of drug-likeness (QED) is 0.809. The Morgan fingerprint density at radius 3 is 3.00 bits per heavy atom. The van der Waals surface area contributed by atoms with Gasteiger partial charge in [-0.2, -0.15) is 0 Å². The molecule has 0 aromatic carbocycles. The fourth-order valence-electron chi connectivity index (χ4n) is 2.71. The molecular formula is C16H18N4O2S. The molecule has 0 unspecified atom stereocenters. The summed E-state index contributed by atoms with van der Waals surface area (Å²) in [4.78, 5) is 29.3. The number of urea groups is 1. The van der Waals surface area contributed by atoms with Crippen LogP contribution in [-0.4, -0.2) is 24.0 Å². The summed E-state index contributed by atoms with van der Waals surface area (Å²) in [6, 6.07) is 6.74. The Morgan fingerprint density at radius 2 is 2.17 bits per heavy atom. The van der Waals surface area contributed by atoms with Crippen molar-refractivity contribution in [1.82, 2.24) is 15.6 Å². The van der Waals surface area contributed by atoms with Crippen molar-refractivity contribution >= 4 is 29.1 Å². The van der Waals surface area contributed by atoms with Gasteiger partial charge < -0.3 is 10.6 Å². The number of hydrogen-bond acceptors (Lipinski definition) is 4. The van der Waals surface area contributed by atoms with E-state index in [1.807, 2.05) is 0 Å². The van der Waals surface area contributed by atoms with E-state index in [1.165, 1.54) is 10.4 Å². The second kappa shape index (κ2) is 6.78.